The van der Waals surface area contributed by atoms with Gasteiger partial charge in [-0.05, 0) is 32.6 Å². The molecule has 0 bridgehead atoms. The van der Waals surface area contributed by atoms with Crippen LogP contribution >= 0.6 is 0 Å². The van der Waals surface area contributed by atoms with Gasteiger partial charge in [-0.2, -0.15) is 0 Å². The lowest BCUT2D eigenvalue weighted by Crippen LogP contribution is -2.48. The quantitative estimate of drug-likeness (QED) is 0.705. The van der Waals surface area contributed by atoms with Gasteiger partial charge in [-0.3, -0.25) is 0 Å². The fourth-order valence-corrected chi connectivity index (χ4v) is 4.87. The lowest BCUT2D eigenvalue weighted by atomic mass is 10.00. The van der Waals surface area contributed by atoms with E-state index >= 15 is 0 Å². The molecule has 15 heavy (non-hydrogen) atoms. The summed E-state index contributed by atoms with van der Waals surface area (Å²) in [5, 5.41) is 3.48. The van der Waals surface area contributed by atoms with E-state index in [-0.39, 0.29) is 11.3 Å². The molecule has 88 valence electrons. The van der Waals surface area contributed by atoms with Crippen molar-refractivity contribution >= 4 is 9.84 Å². The summed E-state index contributed by atoms with van der Waals surface area (Å²) < 4.78 is 22.8. The Morgan fingerprint density at radius 2 is 2.13 bits per heavy atom. The zero-order chi connectivity index (χ0) is 11.1. The molecule has 2 fully saturated rings. The maximum Gasteiger partial charge on any atom is 0.152 e. The monoisotopic (exact) mass is 232 g/mol. The molecule has 2 aliphatic rings. The molecule has 3 atom stereocenters. The van der Waals surface area contributed by atoms with Crippen LogP contribution in [0.1, 0.15) is 32.6 Å². The number of rotatable bonds is 2. The van der Waals surface area contributed by atoms with Crippen molar-refractivity contribution in [3.05, 3.63) is 0 Å². The average Bonchev–Trinajstić information content (AvgIpc) is 2.57. The van der Waals surface area contributed by atoms with Crippen LogP contribution in [-0.4, -0.2) is 37.5 Å². The minimum Gasteiger partial charge on any atom is -0.328 e. The van der Waals surface area contributed by atoms with E-state index in [2.05, 4.69) is 5.32 Å². The fourth-order valence-electron chi connectivity index (χ4n) is 2.76. The summed E-state index contributed by atoms with van der Waals surface area (Å²) in [5.41, 5.74) is 5.62. The van der Waals surface area contributed by atoms with Crippen molar-refractivity contribution in [2.45, 2.75) is 50.2 Å². The first-order valence-corrected chi connectivity index (χ1v) is 7.44. The summed E-state index contributed by atoms with van der Waals surface area (Å²) in [5.74, 6) is 0.612. The summed E-state index contributed by atoms with van der Waals surface area (Å²) in [4.78, 5) is 0. The smallest absolute Gasteiger partial charge is 0.152 e. The molecule has 1 heterocycles. The maximum atomic E-state index is 11.4. The van der Waals surface area contributed by atoms with Crippen molar-refractivity contribution in [3.8, 4) is 0 Å². The van der Waals surface area contributed by atoms with Gasteiger partial charge in [-0.15, -0.1) is 0 Å². The Labute approximate surface area is 91.5 Å². The summed E-state index contributed by atoms with van der Waals surface area (Å²) in [6, 6.07) is 0.711. The van der Waals surface area contributed by atoms with Crippen LogP contribution in [0.5, 0.6) is 0 Å². The number of sulfone groups is 1. The van der Waals surface area contributed by atoms with Crippen LogP contribution in [0.3, 0.4) is 0 Å². The molecule has 0 aromatic rings. The molecule has 1 saturated carbocycles. The lowest BCUT2D eigenvalue weighted by Gasteiger charge is -2.28. The van der Waals surface area contributed by atoms with Crippen LogP contribution in [0.4, 0.5) is 0 Å². The highest BCUT2D eigenvalue weighted by Crippen LogP contribution is 2.27. The predicted octanol–water partition coefficient (Wildman–Crippen LogP) is 0.0330. The summed E-state index contributed by atoms with van der Waals surface area (Å²) in [6.07, 6.45) is 3.86. The highest BCUT2D eigenvalue weighted by molar-refractivity contribution is 7.91. The van der Waals surface area contributed by atoms with Gasteiger partial charge in [0.15, 0.2) is 9.84 Å². The molecule has 1 aliphatic heterocycles. The van der Waals surface area contributed by atoms with Crippen molar-refractivity contribution in [3.63, 3.8) is 0 Å². The molecule has 0 aromatic carbocycles. The molecule has 0 radical (unpaired) electrons. The van der Waals surface area contributed by atoms with Crippen molar-refractivity contribution in [2.75, 3.05) is 11.5 Å². The Morgan fingerprint density at radius 1 is 1.40 bits per heavy atom. The Balaban J connectivity index is 1.95. The largest absolute Gasteiger partial charge is 0.328 e. The SMILES string of the molecule is CC1(NC2CCC(N)C2)CCS(=O)(=O)C1. The van der Waals surface area contributed by atoms with E-state index in [0.29, 0.717) is 17.8 Å². The fraction of sp³-hybridized carbons (Fsp3) is 1.00. The van der Waals surface area contributed by atoms with E-state index in [1.807, 2.05) is 6.92 Å². The lowest BCUT2D eigenvalue weighted by molar-refractivity contribution is 0.339. The van der Waals surface area contributed by atoms with E-state index < -0.39 is 9.84 Å². The second-order valence-electron chi connectivity index (χ2n) is 5.32. The van der Waals surface area contributed by atoms with Gasteiger partial charge >= 0.3 is 0 Å². The van der Waals surface area contributed by atoms with Gasteiger partial charge in [0, 0.05) is 17.6 Å². The highest BCUT2D eigenvalue weighted by atomic mass is 32.2. The van der Waals surface area contributed by atoms with E-state index in [0.717, 1.165) is 25.7 Å². The molecule has 0 amide bonds. The zero-order valence-corrected chi connectivity index (χ0v) is 10.0. The van der Waals surface area contributed by atoms with Gasteiger partial charge < -0.3 is 11.1 Å². The molecule has 4 nitrogen and oxygen atoms in total. The summed E-state index contributed by atoms with van der Waals surface area (Å²) in [7, 11) is -2.80. The third-order valence-corrected chi connectivity index (χ3v) is 5.43. The molecular formula is C10H20N2O2S. The zero-order valence-electron chi connectivity index (χ0n) is 9.20. The average molecular weight is 232 g/mol. The van der Waals surface area contributed by atoms with Crippen LogP contribution in [0.2, 0.25) is 0 Å². The van der Waals surface area contributed by atoms with Crippen LogP contribution in [-0.2, 0) is 9.84 Å². The van der Waals surface area contributed by atoms with Crippen LogP contribution in [0, 0.1) is 0 Å². The number of nitrogens with two attached hydrogens (primary N) is 1. The minimum absolute atomic E-state index is 0.215. The molecule has 2 rings (SSSR count). The molecule has 5 heteroatoms. The van der Waals surface area contributed by atoms with E-state index in [4.69, 9.17) is 5.73 Å². The predicted molar refractivity (Wildman–Crippen MR) is 60.4 cm³/mol. The first kappa shape index (κ1) is 11.4. The molecule has 3 unspecified atom stereocenters. The van der Waals surface area contributed by atoms with Crippen LogP contribution < -0.4 is 11.1 Å². The normalized spacial score (nSPS) is 44.7. The van der Waals surface area contributed by atoms with Crippen molar-refractivity contribution in [2.24, 2.45) is 5.73 Å². The molecular weight excluding hydrogens is 212 g/mol. The Kier molecular flexibility index (Phi) is 2.81. The molecule has 3 N–H and O–H groups in total. The second-order valence-corrected chi connectivity index (χ2v) is 7.50. The summed E-state index contributed by atoms with van der Waals surface area (Å²) in [6.45, 7) is 2.02. The first-order chi connectivity index (χ1) is 6.89. The van der Waals surface area contributed by atoms with Gasteiger partial charge in [0.1, 0.15) is 0 Å². The Bertz CT molecular complexity index is 341. The first-order valence-electron chi connectivity index (χ1n) is 5.62. The van der Waals surface area contributed by atoms with Crippen molar-refractivity contribution in [1.29, 1.82) is 0 Å². The number of hydrogen-bond acceptors (Lipinski definition) is 4. The topological polar surface area (TPSA) is 72.2 Å². The van der Waals surface area contributed by atoms with Gasteiger partial charge in [-0.25, -0.2) is 8.42 Å². The third kappa shape index (κ3) is 2.71. The van der Waals surface area contributed by atoms with Gasteiger partial charge in [-0.1, -0.05) is 0 Å². The standard InChI is InChI=1S/C10H20N2O2S/c1-10(4-5-15(13,14)7-10)12-9-3-2-8(11)6-9/h8-9,12H,2-7,11H2,1H3. The number of nitrogens with one attached hydrogen (secondary N) is 1. The maximum absolute atomic E-state index is 11.4. The summed E-state index contributed by atoms with van der Waals surface area (Å²) >= 11 is 0. The Morgan fingerprint density at radius 3 is 2.60 bits per heavy atom. The van der Waals surface area contributed by atoms with Crippen LogP contribution in [0.15, 0.2) is 0 Å². The van der Waals surface area contributed by atoms with Gasteiger partial charge in [0.05, 0.1) is 11.5 Å². The number of hydrogen-bond donors (Lipinski definition) is 2. The van der Waals surface area contributed by atoms with Gasteiger partial charge in [0.25, 0.3) is 0 Å². The Hall–Kier alpha value is -0.130. The highest BCUT2D eigenvalue weighted by Gasteiger charge is 2.40. The van der Waals surface area contributed by atoms with E-state index in [9.17, 15) is 8.42 Å². The van der Waals surface area contributed by atoms with Crippen molar-refractivity contribution in [1.82, 2.24) is 5.32 Å². The molecule has 1 aliphatic carbocycles. The van der Waals surface area contributed by atoms with E-state index in [1.54, 1.807) is 0 Å². The third-order valence-electron chi connectivity index (χ3n) is 3.53. The minimum atomic E-state index is -2.80. The van der Waals surface area contributed by atoms with Gasteiger partial charge in [0.2, 0.25) is 0 Å². The van der Waals surface area contributed by atoms with Crippen molar-refractivity contribution < 1.29 is 8.42 Å². The second kappa shape index (κ2) is 3.71. The molecule has 0 spiro atoms. The van der Waals surface area contributed by atoms with Crippen LogP contribution in [0.25, 0.3) is 0 Å². The molecule has 1 saturated heterocycles. The molecule has 0 aromatic heterocycles. The van der Waals surface area contributed by atoms with E-state index in [1.165, 1.54) is 0 Å².